The Labute approximate surface area is 137 Å². The van der Waals surface area contributed by atoms with Crippen LogP contribution < -0.4 is 10.1 Å². The minimum Gasteiger partial charge on any atom is -0.489 e. The molecule has 0 fully saturated rings. The first-order chi connectivity index (χ1) is 11.1. The standard InChI is InChI=1S/C19H23NO3/c1-14-8-9-15(2)19(10-14)23-12-18-7-5-4-6-17(18)11-22-13-20-16(3)21/h4-10H,11-13H2,1-3H3,(H,20,21). The van der Waals surface area contributed by atoms with E-state index in [2.05, 4.69) is 24.4 Å². The lowest BCUT2D eigenvalue weighted by Crippen LogP contribution is -2.23. The summed E-state index contributed by atoms with van der Waals surface area (Å²) in [6.45, 7) is 6.70. The SMILES string of the molecule is CC(=O)NCOCc1ccccc1COc1cc(C)ccc1C. The second-order valence-corrected chi connectivity index (χ2v) is 5.55. The fourth-order valence-corrected chi connectivity index (χ4v) is 2.17. The molecule has 0 atom stereocenters. The maximum atomic E-state index is 10.8. The summed E-state index contributed by atoms with van der Waals surface area (Å²) in [7, 11) is 0. The summed E-state index contributed by atoms with van der Waals surface area (Å²) in [6.07, 6.45) is 0. The van der Waals surface area contributed by atoms with E-state index in [1.165, 1.54) is 12.5 Å². The molecule has 0 aromatic heterocycles. The number of carbonyl (C=O) groups is 1. The molecule has 1 N–H and O–H groups in total. The second kappa shape index (κ2) is 8.34. The van der Waals surface area contributed by atoms with Crippen LogP contribution in [0, 0.1) is 13.8 Å². The summed E-state index contributed by atoms with van der Waals surface area (Å²) in [6, 6.07) is 14.2. The molecule has 0 spiro atoms. The third-order valence-corrected chi connectivity index (χ3v) is 3.53. The highest BCUT2D eigenvalue weighted by Gasteiger charge is 2.05. The zero-order valence-electron chi connectivity index (χ0n) is 13.9. The van der Waals surface area contributed by atoms with Crippen LogP contribution in [0.15, 0.2) is 42.5 Å². The molecule has 0 bridgehead atoms. The largest absolute Gasteiger partial charge is 0.489 e. The summed E-state index contributed by atoms with van der Waals surface area (Å²) in [5, 5.41) is 2.61. The van der Waals surface area contributed by atoms with Gasteiger partial charge in [-0.3, -0.25) is 4.79 Å². The molecule has 0 aliphatic rings. The van der Waals surface area contributed by atoms with E-state index < -0.39 is 0 Å². The Morgan fingerprint density at radius 2 is 1.74 bits per heavy atom. The molecule has 0 unspecified atom stereocenters. The monoisotopic (exact) mass is 313 g/mol. The Hall–Kier alpha value is -2.33. The quantitative estimate of drug-likeness (QED) is 0.629. The van der Waals surface area contributed by atoms with Gasteiger partial charge in [0.1, 0.15) is 19.1 Å². The minimum atomic E-state index is -0.100. The number of nitrogens with one attached hydrogen (secondary N) is 1. The third kappa shape index (κ3) is 5.42. The van der Waals surface area contributed by atoms with Crippen molar-refractivity contribution < 1.29 is 14.3 Å². The maximum Gasteiger partial charge on any atom is 0.218 e. The highest BCUT2D eigenvalue weighted by Crippen LogP contribution is 2.21. The molecule has 0 aliphatic heterocycles. The van der Waals surface area contributed by atoms with Crippen LogP contribution in [0.3, 0.4) is 0 Å². The number of aryl methyl sites for hydroxylation is 2. The van der Waals surface area contributed by atoms with Crippen LogP contribution in [0.25, 0.3) is 0 Å². The van der Waals surface area contributed by atoms with Gasteiger partial charge in [0.15, 0.2) is 0 Å². The Morgan fingerprint density at radius 1 is 1.04 bits per heavy atom. The van der Waals surface area contributed by atoms with E-state index in [1.54, 1.807) is 0 Å². The number of rotatable bonds is 7. The summed E-state index contributed by atoms with van der Waals surface area (Å²) >= 11 is 0. The molecule has 4 nitrogen and oxygen atoms in total. The Morgan fingerprint density at radius 3 is 2.43 bits per heavy atom. The van der Waals surface area contributed by atoms with Crippen LogP contribution in [0.2, 0.25) is 0 Å². The molecule has 2 aromatic rings. The normalized spacial score (nSPS) is 10.4. The van der Waals surface area contributed by atoms with E-state index in [4.69, 9.17) is 9.47 Å². The van der Waals surface area contributed by atoms with Gasteiger partial charge in [-0.2, -0.15) is 0 Å². The molecule has 0 radical (unpaired) electrons. The first-order valence-corrected chi connectivity index (χ1v) is 7.65. The molecule has 0 saturated heterocycles. The van der Waals surface area contributed by atoms with Gasteiger partial charge in [-0.05, 0) is 42.2 Å². The molecular weight excluding hydrogens is 290 g/mol. The topological polar surface area (TPSA) is 47.6 Å². The molecule has 23 heavy (non-hydrogen) atoms. The molecule has 2 aromatic carbocycles. The summed E-state index contributed by atoms with van der Waals surface area (Å²) < 4.78 is 11.4. The number of benzene rings is 2. The highest BCUT2D eigenvalue weighted by atomic mass is 16.5. The van der Waals surface area contributed by atoms with Crippen LogP contribution in [-0.4, -0.2) is 12.6 Å². The van der Waals surface area contributed by atoms with E-state index in [9.17, 15) is 4.79 Å². The number of ether oxygens (including phenoxy) is 2. The van der Waals surface area contributed by atoms with Crippen molar-refractivity contribution in [3.63, 3.8) is 0 Å². The Balaban J connectivity index is 1.97. The van der Waals surface area contributed by atoms with Crippen molar-refractivity contribution in [2.24, 2.45) is 0 Å². The van der Waals surface area contributed by atoms with Crippen molar-refractivity contribution in [3.05, 3.63) is 64.7 Å². The molecule has 0 aliphatic carbocycles. The van der Waals surface area contributed by atoms with Gasteiger partial charge in [-0.25, -0.2) is 0 Å². The van der Waals surface area contributed by atoms with Crippen LogP contribution >= 0.6 is 0 Å². The molecule has 4 heteroatoms. The third-order valence-electron chi connectivity index (χ3n) is 3.53. The molecular formula is C19H23NO3. The average molecular weight is 313 g/mol. The predicted molar refractivity (Wildman–Crippen MR) is 90.2 cm³/mol. The first-order valence-electron chi connectivity index (χ1n) is 7.65. The van der Waals surface area contributed by atoms with Gasteiger partial charge in [0.05, 0.1) is 6.61 Å². The van der Waals surface area contributed by atoms with Crippen molar-refractivity contribution in [2.45, 2.75) is 34.0 Å². The molecule has 0 heterocycles. The van der Waals surface area contributed by atoms with E-state index in [1.807, 2.05) is 37.3 Å². The van der Waals surface area contributed by atoms with Crippen LogP contribution in [-0.2, 0) is 22.7 Å². The van der Waals surface area contributed by atoms with Gasteiger partial charge < -0.3 is 14.8 Å². The Bertz CT molecular complexity index is 667. The van der Waals surface area contributed by atoms with Gasteiger partial charge in [-0.1, -0.05) is 36.4 Å². The maximum absolute atomic E-state index is 10.8. The fraction of sp³-hybridized carbons (Fsp3) is 0.316. The number of amides is 1. The van der Waals surface area contributed by atoms with Crippen molar-refractivity contribution in [2.75, 3.05) is 6.73 Å². The molecule has 122 valence electrons. The van der Waals surface area contributed by atoms with Crippen molar-refractivity contribution in [1.82, 2.24) is 5.32 Å². The second-order valence-electron chi connectivity index (χ2n) is 5.55. The van der Waals surface area contributed by atoms with E-state index in [0.717, 1.165) is 22.4 Å². The first kappa shape index (κ1) is 17.0. The molecule has 0 saturated carbocycles. The van der Waals surface area contributed by atoms with Gasteiger partial charge in [0, 0.05) is 6.92 Å². The smallest absolute Gasteiger partial charge is 0.218 e. The van der Waals surface area contributed by atoms with Gasteiger partial charge in [0.25, 0.3) is 0 Å². The zero-order valence-corrected chi connectivity index (χ0v) is 13.9. The molecule has 2 rings (SSSR count). The highest BCUT2D eigenvalue weighted by molar-refractivity contribution is 5.72. The number of carbonyl (C=O) groups excluding carboxylic acids is 1. The fourth-order valence-electron chi connectivity index (χ4n) is 2.17. The lowest BCUT2D eigenvalue weighted by molar-refractivity contribution is -0.120. The lowest BCUT2D eigenvalue weighted by Gasteiger charge is -2.13. The van der Waals surface area contributed by atoms with E-state index >= 15 is 0 Å². The van der Waals surface area contributed by atoms with Crippen LogP contribution in [0.5, 0.6) is 5.75 Å². The van der Waals surface area contributed by atoms with Gasteiger partial charge in [0.2, 0.25) is 5.91 Å². The summed E-state index contributed by atoms with van der Waals surface area (Å²) in [4.78, 5) is 10.8. The number of hydrogen-bond donors (Lipinski definition) is 1. The molecule has 1 amide bonds. The minimum absolute atomic E-state index is 0.100. The van der Waals surface area contributed by atoms with Gasteiger partial charge >= 0.3 is 0 Å². The number of hydrogen-bond acceptors (Lipinski definition) is 3. The zero-order chi connectivity index (χ0) is 16.7. The Kier molecular flexibility index (Phi) is 6.18. The summed E-state index contributed by atoms with van der Waals surface area (Å²) in [5.74, 6) is 0.801. The van der Waals surface area contributed by atoms with Crippen LogP contribution in [0.1, 0.15) is 29.2 Å². The average Bonchev–Trinajstić information content (AvgIpc) is 2.53. The summed E-state index contributed by atoms with van der Waals surface area (Å²) in [5.41, 5.74) is 4.44. The van der Waals surface area contributed by atoms with E-state index in [0.29, 0.717) is 13.2 Å². The van der Waals surface area contributed by atoms with Crippen molar-refractivity contribution in [1.29, 1.82) is 0 Å². The van der Waals surface area contributed by atoms with Crippen molar-refractivity contribution >= 4 is 5.91 Å². The van der Waals surface area contributed by atoms with Crippen molar-refractivity contribution in [3.8, 4) is 5.75 Å². The van der Waals surface area contributed by atoms with E-state index in [-0.39, 0.29) is 12.6 Å². The van der Waals surface area contributed by atoms with Crippen LogP contribution in [0.4, 0.5) is 0 Å². The lowest BCUT2D eigenvalue weighted by atomic mass is 10.1. The van der Waals surface area contributed by atoms with Gasteiger partial charge in [-0.15, -0.1) is 0 Å². The predicted octanol–water partition coefficient (Wildman–Crippen LogP) is 3.49.